The van der Waals surface area contributed by atoms with Gasteiger partial charge in [0.2, 0.25) is 12.2 Å². The molecule has 0 spiro atoms. The summed E-state index contributed by atoms with van der Waals surface area (Å²) in [7, 11) is 0. The van der Waals surface area contributed by atoms with Crippen LogP contribution in [0, 0.1) is 6.92 Å². The van der Waals surface area contributed by atoms with Crippen LogP contribution in [0.5, 0.6) is 0 Å². The van der Waals surface area contributed by atoms with Gasteiger partial charge in [0.1, 0.15) is 35.6 Å². The molecule has 0 atom stereocenters. The molecule has 1 aliphatic carbocycles. The smallest absolute Gasteiger partial charge is 0.351 e. The standard InChI is InChI=1S/C29H32N2O3.C15H13NO6S/c1-6-30(7-2)20-11-14-23-26(17-20)34-27-18-21(31(8-3)9-4)12-15-24(27)28(23)22-13-10-19(5)16-25(22)29(32)33;1-8(23)16-11-4-3-10-5-12(15(19)22-13(10)6-11)14(18)21-7-20-9(2)17/h10-18H,6-9H2,1-5H3;3-6H,7H2,1-2H3,(H,16,23)/p+1. The Morgan fingerprint density at radius 1 is 0.807 bits per heavy atom. The Labute approximate surface area is 335 Å². The van der Waals surface area contributed by atoms with E-state index in [0.717, 1.165) is 70.6 Å². The van der Waals surface area contributed by atoms with E-state index in [-0.39, 0.29) is 5.56 Å². The quantitative estimate of drug-likeness (QED) is 0.0326. The summed E-state index contributed by atoms with van der Waals surface area (Å²) >= 11 is 4.94. The molecular weight excluding hydrogens is 747 g/mol. The summed E-state index contributed by atoms with van der Waals surface area (Å²) in [5.41, 5.74) is 5.40. The number of fused-ring (bicyclic) bond motifs is 3. The number of nitrogens with one attached hydrogen (secondary N) is 1. The summed E-state index contributed by atoms with van der Waals surface area (Å²) < 4.78 is 23.0. The first-order valence-corrected chi connectivity index (χ1v) is 19.0. The van der Waals surface area contributed by atoms with Crippen molar-refractivity contribution in [3.05, 3.63) is 111 Å². The number of benzene rings is 4. The molecule has 2 aliphatic rings. The minimum atomic E-state index is -0.932. The van der Waals surface area contributed by atoms with Crippen LogP contribution in [0.2, 0.25) is 0 Å². The molecule has 4 aromatic rings. The lowest BCUT2D eigenvalue weighted by Gasteiger charge is -2.22. The van der Waals surface area contributed by atoms with E-state index in [0.29, 0.717) is 32.8 Å². The van der Waals surface area contributed by atoms with E-state index in [1.54, 1.807) is 31.2 Å². The second-order valence-electron chi connectivity index (χ2n) is 13.1. The number of carbonyl (C=O) groups is 3. The Morgan fingerprint density at radius 3 is 2.18 bits per heavy atom. The van der Waals surface area contributed by atoms with Gasteiger partial charge < -0.3 is 33.6 Å². The zero-order valence-corrected chi connectivity index (χ0v) is 33.9. The van der Waals surface area contributed by atoms with Crippen molar-refractivity contribution in [2.45, 2.75) is 48.5 Å². The third-order valence-corrected chi connectivity index (χ3v) is 9.45. The first kappa shape index (κ1) is 41.8. The van der Waals surface area contributed by atoms with E-state index in [2.05, 4.69) is 88.4 Å². The predicted molar refractivity (Wildman–Crippen MR) is 226 cm³/mol. The first-order chi connectivity index (χ1) is 27.3. The van der Waals surface area contributed by atoms with Gasteiger partial charge in [0, 0.05) is 71.5 Å². The highest BCUT2D eigenvalue weighted by molar-refractivity contribution is 7.80. The van der Waals surface area contributed by atoms with Crippen LogP contribution in [0.1, 0.15) is 67.8 Å². The van der Waals surface area contributed by atoms with Crippen molar-refractivity contribution in [2.24, 2.45) is 0 Å². The van der Waals surface area contributed by atoms with E-state index in [1.165, 1.54) is 13.0 Å². The van der Waals surface area contributed by atoms with Crippen LogP contribution in [0.4, 0.5) is 11.4 Å². The summed E-state index contributed by atoms with van der Waals surface area (Å²) in [6, 6.07) is 24.4. The van der Waals surface area contributed by atoms with E-state index >= 15 is 0 Å². The number of hydrogen-bond acceptors (Lipinski definition) is 10. The third kappa shape index (κ3) is 9.73. The number of esters is 2. The molecule has 3 aromatic carbocycles. The second kappa shape index (κ2) is 18.5. The Bertz CT molecular complexity index is 2580. The van der Waals surface area contributed by atoms with E-state index in [4.69, 9.17) is 21.1 Å². The molecule has 2 heterocycles. The van der Waals surface area contributed by atoms with Gasteiger partial charge in [0.25, 0.3) is 0 Å². The van der Waals surface area contributed by atoms with Crippen LogP contribution in [-0.2, 0) is 14.3 Å². The summed E-state index contributed by atoms with van der Waals surface area (Å²) in [6.07, 6.45) is 0. The molecule has 0 unspecified atom stereocenters. The number of hydrogen-bond donors (Lipinski definition) is 2. The summed E-state index contributed by atoms with van der Waals surface area (Å²) in [5.74, 6) is -1.71. The van der Waals surface area contributed by atoms with Crippen molar-refractivity contribution in [3.63, 3.8) is 0 Å². The fraction of sp³-hybridized carbons (Fsp3) is 0.273. The number of rotatable bonds is 11. The minimum Gasteiger partial charge on any atom is -0.478 e. The van der Waals surface area contributed by atoms with Crippen molar-refractivity contribution in [1.29, 1.82) is 0 Å². The van der Waals surface area contributed by atoms with E-state index in [9.17, 15) is 24.3 Å². The molecule has 0 bridgehead atoms. The van der Waals surface area contributed by atoms with Gasteiger partial charge in [0.05, 0.1) is 16.6 Å². The molecule has 2 N–H and O–H groups in total. The molecule has 1 aromatic heterocycles. The molecule has 1 aliphatic heterocycles. The maximum absolute atomic E-state index is 12.2. The molecule has 296 valence electrons. The Balaban J connectivity index is 0.000000235. The average Bonchev–Trinajstić information content (AvgIpc) is 3.17. The Kier molecular flexibility index (Phi) is 13.6. The molecule has 0 amide bonds. The van der Waals surface area contributed by atoms with Crippen molar-refractivity contribution in [2.75, 3.05) is 43.2 Å². The molecule has 6 rings (SSSR count). The van der Waals surface area contributed by atoms with E-state index < -0.39 is 30.3 Å². The molecule has 0 fully saturated rings. The number of carboxylic acids is 1. The largest absolute Gasteiger partial charge is 0.478 e. The van der Waals surface area contributed by atoms with Gasteiger partial charge in [-0.1, -0.05) is 29.9 Å². The summed E-state index contributed by atoms with van der Waals surface area (Å²) in [4.78, 5) is 49.4. The van der Waals surface area contributed by atoms with Gasteiger partial charge in [-0.25, -0.2) is 19.0 Å². The molecule has 57 heavy (non-hydrogen) atoms. The van der Waals surface area contributed by atoms with E-state index in [1.807, 2.05) is 19.1 Å². The number of carboxylic acid groups (broad SMARTS) is 1. The number of carbonyl (C=O) groups excluding carboxylic acids is 2. The van der Waals surface area contributed by atoms with Gasteiger partial charge in [-0.15, -0.1) is 0 Å². The van der Waals surface area contributed by atoms with Crippen LogP contribution >= 0.6 is 12.2 Å². The molecule has 13 heteroatoms. The van der Waals surface area contributed by atoms with Crippen LogP contribution in [0.3, 0.4) is 0 Å². The second-order valence-corrected chi connectivity index (χ2v) is 13.7. The minimum absolute atomic E-state index is 0.281. The lowest BCUT2D eigenvalue weighted by molar-refractivity contribution is -0.149. The molecular formula is C44H46N3O9S+. The highest BCUT2D eigenvalue weighted by Crippen LogP contribution is 2.42. The fourth-order valence-corrected chi connectivity index (χ4v) is 6.68. The molecule has 0 saturated heterocycles. The number of nitrogens with zero attached hydrogens (tertiary/aromatic N) is 2. The van der Waals surface area contributed by atoms with Crippen LogP contribution in [-0.4, -0.2) is 61.0 Å². The summed E-state index contributed by atoms with van der Waals surface area (Å²) in [5, 5.41) is 15.5. The van der Waals surface area contributed by atoms with Crippen molar-refractivity contribution in [3.8, 4) is 22.5 Å². The SMILES string of the molecule is CC(=O)OCOC(=O)c1cc2ccc(NC(C)=S)cc2oc1=O.CCN(CC)c1ccc2c(-c3ccc(C)cc3C(=O)O)c3ccc(=[N+](CC)CC)cc-3oc2c1. The number of aromatic carboxylic acids is 1. The highest BCUT2D eigenvalue weighted by Gasteiger charge is 2.23. The molecule has 0 radical (unpaired) electrons. The molecule has 12 nitrogen and oxygen atoms in total. The number of thiocarbonyl (C=S) groups is 1. The fourth-order valence-electron chi connectivity index (χ4n) is 6.56. The van der Waals surface area contributed by atoms with Gasteiger partial charge in [-0.3, -0.25) is 4.79 Å². The van der Waals surface area contributed by atoms with Crippen molar-refractivity contribution < 1.29 is 37.8 Å². The monoisotopic (exact) mass is 792 g/mol. The average molecular weight is 793 g/mol. The Hall–Kier alpha value is -6.34. The lowest BCUT2D eigenvalue weighted by Crippen LogP contribution is -2.29. The van der Waals surface area contributed by atoms with Crippen LogP contribution < -0.4 is 25.8 Å². The lowest BCUT2D eigenvalue weighted by atomic mass is 9.90. The van der Waals surface area contributed by atoms with Gasteiger partial charge >= 0.3 is 23.5 Å². The first-order valence-electron chi connectivity index (χ1n) is 18.6. The maximum Gasteiger partial charge on any atom is 0.351 e. The predicted octanol–water partition coefficient (Wildman–Crippen LogP) is 8.10. The van der Waals surface area contributed by atoms with Crippen LogP contribution in [0.15, 0.2) is 92.5 Å². The third-order valence-electron chi connectivity index (χ3n) is 9.35. The van der Waals surface area contributed by atoms with Gasteiger partial charge in [0.15, 0.2) is 0 Å². The van der Waals surface area contributed by atoms with Crippen molar-refractivity contribution in [1.82, 2.24) is 4.58 Å². The topological polar surface area (TPSA) is 152 Å². The summed E-state index contributed by atoms with van der Waals surface area (Å²) in [6.45, 7) is 16.4. The van der Waals surface area contributed by atoms with Gasteiger partial charge in [-0.05, 0) is 89.6 Å². The highest BCUT2D eigenvalue weighted by atomic mass is 32.1. The maximum atomic E-state index is 12.2. The van der Waals surface area contributed by atoms with Crippen molar-refractivity contribution >= 4 is 68.4 Å². The Morgan fingerprint density at radius 2 is 1.53 bits per heavy atom. The number of aryl methyl sites for hydroxylation is 1. The zero-order valence-electron chi connectivity index (χ0n) is 33.1. The van der Waals surface area contributed by atoms with Crippen LogP contribution in [0.25, 0.3) is 44.4 Å². The number of anilines is 2. The normalized spacial score (nSPS) is 10.8. The zero-order chi connectivity index (χ0) is 41.4. The number of ether oxygens (including phenoxy) is 2. The molecule has 0 saturated carbocycles. The van der Waals surface area contributed by atoms with Gasteiger partial charge in [-0.2, -0.15) is 0 Å².